The van der Waals surface area contributed by atoms with Crippen molar-refractivity contribution in [2.75, 3.05) is 6.54 Å². The van der Waals surface area contributed by atoms with Gasteiger partial charge in [0.1, 0.15) is 0 Å². The van der Waals surface area contributed by atoms with Gasteiger partial charge >= 0.3 is 0 Å². The fourth-order valence-electron chi connectivity index (χ4n) is 2.82. The van der Waals surface area contributed by atoms with Gasteiger partial charge in [0.25, 0.3) is 0 Å². The SMILES string of the molecule is C/C=C\C=C/CC(C)(C)CC(C)(C)C(=O)N1CCC1=O. The van der Waals surface area contributed by atoms with Crippen molar-refractivity contribution in [1.82, 2.24) is 4.90 Å². The average molecular weight is 277 g/mol. The number of carbonyl (C=O) groups excluding carboxylic acids is 2. The Hall–Kier alpha value is -1.38. The van der Waals surface area contributed by atoms with Crippen LogP contribution in [0.25, 0.3) is 0 Å². The van der Waals surface area contributed by atoms with E-state index in [1.807, 2.05) is 39.0 Å². The van der Waals surface area contributed by atoms with E-state index in [-0.39, 0.29) is 17.2 Å². The summed E-state index contributed by atoms with van der Waals surface area (Å²) in [6.45, 7) is 10.8. The molecule has 0 unspecified atom stereocenters. The molecule has 1 saturated heterocycles. The van der Waals surface area contributed by atoms with Crippen LogP contribution in [0.15, 0.2) is 24.3 Å². The third-order valence-electron chi connectivity index (χ3n) is 3.71. The zero-order valence-corrected chi connectivity index (χ0v) is 13.4. The van der Waals surface area contributed by atoms with Gasteiger partial charge in [0.2, 0.25) is 11.8 Å². The first-order valence-electron chi connectivity index (χ1n) is 7.32. The van der Waals surface area contributed by atoms with Crippen LogP contribution < -0.4 is 0 Å². The number of allylic oxidation sites excluding steroid dienone is 4. The van der Waals surface area contributed by atoms with Crippen LogP contribution in [0.2, 0.25) is 0 Å². The summed E-state index contributed by atoms with van der Waals surface area (Å²) in [4.78, 5) is 25.2. The van der Waals surface area contributed by atoms with Crippen molar-refractivity contribution in [2.24, 2.45) is 10.8 Å². The van der Waals surface area contributed by atoms with E-state index < -0.39 is 5.41 Å². The summed E-state index contributed by atoms with van der Waals surface area (Å²) in [6.07, 6.45) is 10.4. The summed E-state index contributed by atoms with van der Waals surface area (Å²) in [5, 5.41) is 0. The van der Waals surface area contributed by atoms with E-state index in [1.165, 1.54) is 4.90 Å². The summed E-state index contributed by atoms with van der Waals surface area (Å²) in [6, 6.07) is 0. The molecule has 0 N–H and O–H groups in total. The molecule has 1 rings (SSSR count). The maximum absolute atomic E-state index is 12.4. The molecule has 0 spiro atoms. The van der Waals surface area contributed by atoms with Crippen molar-refractivity contribution in [3.8, 4) is 0 Å². The van der Waals surface area contributed by atoms with Gasteiger partial charge in [-0.05, 0) is 25.2 Å². The maximum atomic E-state index is 12.4. The van der Waals surface area contributed by atoms with E-state index >= 15 is 0 Å². The standard InChI is InChI=1S/C17H27NO2/c1-6-7-8-9-11-16(2,3)13-17(4,5)15(20)18-12-10-14(18)19/h6-9H,10-13H2,1-5H3/b7-6-,9-8-. The van der Waals surface area contributed by atoms with Crippen LogP contribution in [0.5, 0.6) is 0 Å². The molecule has 112 valence electrons. The minimum Gasteiger partial charge on any atom is -0.282 e. The molecule has 3 nitrogen and oxygen atoms in total. The highest BCUT2D eigenvalue weighted by molar-refractivity contribution is 6.01. The number of carbonyl (C=O) groups is 2. The summed E-state index contributed by atoms with van der Waals surface area (Å²) in [7, 11) is 0. The first kappa shape index (κ1) is 16.7. The average Bonchev–Trinajstić information content (AvgIpc) is 2.31. The van der Waals surface area contributed by atoms with E-state index in [1.54, 1.807) is 0 Å². The van der Waals surface area contributed by atoms with E-state index in [0.717, 1.165) is 12.8 Å². The van der Waals surface area contributed by atoms with E-state index in [9.17, 15) is 9.59 Å². The van der Waals surface area contributed by atoms with Crippen LogP contribution in [0.4, 0.5) is 0 Å². The first-order valence-corrected chi connectivity index (χ1v) is 7.32. The number of rotatable bonds is 6. The Morgan fingerprint density at radius 2 is 1.90 bits per heavy atom. The van der Waals surface area contributed by atoms with Gasteiger partial charge in [-0.2, -0.15) is 0 Å². The lowest BCUT2D eigenvalue weighted by atomic mass is 9.72. The molecule has 0 radical (unpaired) electrons. The normalized spacial score (nSPS) is 17.1. The Balaban J connectivity index is 2.63. The highest BCUT2D eigenvalue weighted by atomic mass is 16.2. The molecule has 1 aliphatic rings. The number of hydrogen-bond acceptors (Lipinski definition) is 2. The molecular weight excluding hydrogens is 250 g/mol. The van der Waals surface area contributed by atoms with Crippen molar-refractivity contribution in [3.05, 3.63) is 24.3 Å². The summed E-state index contributed by atoms with van der Waals surface area (Å²) < 4.78 is 0. The van der Waals surface area contributed by atoms with Crippen molar-refractivity contribution in [2.45, 2.75) is 53.9 Å². The maximum Gasteiger partial charge on any atom is 0.234 e. The zero-order chi connectivity index (χ0) is 15.4. The molecule has 2 amide bonds. The highest BCUT2D eigenvalue weighted by Gasteiger charge is 2.41. The Kier molecular flexibility index (Phi) is 5.32. The third kappa shape index (κ3) is 4.32. The van der Waals surface area contributed by atoms with E-state index in [2.05, 4.69) is 19.9 Å². The Bertz CT molecular complexity index is 430. The molecule has 0 aromatic heterocycles. The molecule has 0 aromatic carbocycles. The Labute approximate surface area is 122 Å². The molecule has 20 heavy (non-hydrogen) atoms. The molecule has 0 saturated carbocycles. The number of likely N-dealkylation sites (tertiary alicyclic amines) is 1. The molecule has 0 aliphatic carbocycles. The molecule has 3 heteroatoms. The van der Waals surface area contributed by atoms with Crippen molar-refractivity contribution in [3.63, 3.8) is 0 Å². The first-order chi connectivity index (χ1) is 9.19. The number of amides is 2. The lowest BCUT2D eigenvalue weighted by Gasteiger charge is -2.39. The van der Waals surface area contributed by atoms with Gasteiger partial charge in [0, 0.05) is 18.4 Å². The Morgan fingerprint density at radius 3 is 2.35 bits per heavy atom. The highest BCUT2D eigenvalue weighted by Crippen LogP contribution is 2.38. The minimum absolute atomic E-state index is 0.0285. The topological polar surface area (TPSA) is 37.4 Å². The van der Waals surface area contributed by atoms with Gasteiger partial charge < -0.3 is 0 Å². The number of hydrogen-bond donors (Lipinski definition) is 0. The van der Waals surface area contributed by atoms with Gasteiger partial charge in [-0.1, -0.05) is 52.0 Å². The van der Waals surface area contributed by atoms with Crippen molar-refractivity contribution in [1.29, 1.82) is 0 Å². The van der Waals surface area contributed by atoms with Gasteiger partial charge in [0.15, 0.2) is 0 Å². The molecule has 0 aromatic rings. The minimum atomic E-state index is -0.492. The molecule has 0 bridgehead atoms. The summed E-state index contributed by atoms with van der Waals surface area (Å²) >= 11 is 0. The molecule has 0 atom stereocenters. The number of nitrogens with zero attached hydrogens (tertiary/aromatic N) is 1. The van der Waals surface area contributed by atoms with E-state index in [0.29, 0.717) is 13.0 Å². The number of imide groups is 1. The third-order valence-corrected chi connectivity index (χ3v) is 3.71. The second kappa shape index (κ2) is 6.38. The predicted octanol–water partition coefficient (Wildman–Crippen LogP) is 3.71. The summed E-state index contributed by atoms with van der Waals surface area (Å²) in [5.74, 6) is -0.0619. The fraction of sp³-hybridized carbons (Fsp3) is 0.647. The lowest BCUT2D eigenvalue weighted by molar-refractivity contribution is -0.158. The number of β-lactam (4-membered cyclic amide) rings is 1. The van der Waals surface area contributed by atoms with Crippen LogP contribution in [-0.4, -0.2) is 23.3 Å². The molecular formula is C17H27NO2. The Morgan fingerprint density at radius 1 is 1.25 bits per heavy atom. The van der Waals surface area contributed by atoms with Crippen molar-refractivity contribution < 1.29 is 9.59 Å². The largest absolute Gasteiger partial charge is 0.282 e. The smallest absolute Gasteiger partial charge is 0.234 e. The lowest BCUT2D eigenvalue weighted by Crippen LogP contribution is -2.53. The molecule has 1 heterocycles. The van der Waals surface area contributed by atoms with Crippen LogP contribution >= 0.6 is 0 Å². The predicted molar refractivity (Wildman–Crippen MR) is 82.1 cm³/mol. The van der Waals surface area contributed by atoms with Crippen LogP contribution in [0, 0.1) is 10.8 Å². The van der Waals surface area contributed by atoms with Gasteiger partial charge in [0.05, 0.1) is 0 Å². The van der Waals surface area contributed by atoms with E-state index in [4.69, 9.17) is 0 Å². The summed E-state index contributed by atoms with van der Waals surface area (Å²) in [5.41, 5.74) is -0.459. The van der Waals surface area contributed by atoms with Crippen LogP contribution in [0.1, 0.15) is 53.9 Å². The van der Waals surface area contributed by atoms with Gasteiger partial charge in [-0.25, -0.2) is 0 Å². The zero-order valence-electron chi connectivity index (χ0n) is 13.4. The van der Waals surface area contributed by atoms with Gasteiger partial charge in [-0.3, -0.25) is 14.5 Å². The molecule has 1 fully saturated rings. The van der Waals surface area contributed by atoms with Crippen molar-refractivity contribution >= 4 is 11.8 Å². The van der Waals surface area contributed by atoms with Crippen LogP contribution in [-0.2, 0) is 9.59 Å². The quantitative estimate of drug-likeness (QED) is 0.548. The fourth-order valence-corrected chi connectivity index (χ4v) is 2.82. The van der Waals surface area contributed by atoms with Gasteiger partial charge in [-0.15, -0.1) is 0 Å². The second-order valence-electron chi connectivity index (χ2n) is 6.98. The monoisotopic (exact) mass is 277 g/mol. The molecule has 1 aliphatic heterocycles. The van der Waals surface area contributed by atoms with Crippen LogP contribution in [0.3, 0.4) is 0 Å². The second-order valence-corrected chi connectivity index (χ2v) is 6.98.